The maximum absolute atomic E-state index is 6.19. The van der Waals surface area contributed by atoms with Crippen LogP contribution in [0.4, 0.5) is 0 Å². The lowest BCUT2D eigenvalue weighted by molar-refractivity contribution is 0.274. The maximum Gasteiger partial charge on any atom is 0.0920 e. The molecule has 2 heterocycles. The Morgan fingerprint density at radius 3 is 1.25 bits per heavy atom. The zero-order valence-corrected chi connectivity index (χ0v) is 25.2. The van der Waals surface area contributed by atoms with Crippen molar-refractivity contribution in [1.82, 2.24) is 0 Å². The summed E-state index contributed by atoms with van der Waals surface area (Å²) in [4.78, 5) is 0. The van der Waals surface area contributed by atoms with E-state index >= 15 is 0 Å². The van der Waals surface area contributed by atoms with Crippen molar-refractivity contribution >= 4 is 0 Å². The predicted molar refractivity (Wildman–Crippen MR) is 157 cm³/mol. The highest BCUT2D eigenvalue weighted by Gasteiger charge is 2.55. The lowest BCUT2D eigenvalue weighted by Gasteiger charge is -2.18. The van der Waals surface area contributed by atoms with Gasteiger partial charge in [-0.05, 0) is 116 Å². The maximum atomic E-state index is 6.19. The molecule has 2 heteroatoms. The fraction of sp³-hybridized carbons (Fsp3) is 0.765. The van der Waals surface area contributed by atoms with Gasteiger partial charge in [0.25, 0.3) is 0 Å². The van der Waals surface area contributed by atoms with Gasteiger partial charge in [0.1, 0.15) is 0 Å². The van der Waals surface area contributed by atoms with Gasteiger partial charge in [-0.15, -0.1) is 0 Å². The van der Waals surface area contributed by atoms with Gasteiger partial charge in [-0.1, -0.05) is 76.3 Å². The number of hydrogen-bond acceptors (Lipinski definition) is 2. The van der Waals surface area contributed by atoms with Gasteiger partial charge in [0.15, 0.2) is 0 Å². The molecule has 0 N–H and O–H groups in total. The van der Waals surface area contributed by atoms with Gasteiger partial charge in [-0.3, -0.25) is 0 Å². The van der Waals surface area contributed by atoms with Crippen LogP contribution in [0.3, 0.4) is 0 Å². The highest BCUT2D eigenvalue weighted by atomic mass is 16.6. The summed E-state index contributed by atoms with van der Waals surface area (Å²) in [5.41, 5.74) is 5.42. The highest BCUT2D eigenvalue weighted by Crippen LogP contribution is 2.49. The van der Waals surface area contributed by atoms with Crippen LogP contribution in [0.25, 0.3) is 0 Å². The summed E-state index contributed by atoms with van der Waals surface area (Å²) in [6.07, 6.45) is 12.1. The number of rotatable bonds is 19. The minimum Gasteiger partial charge on any atom is -0.366 e. The van der Waals surface area contributed by atoms with Crippen molar-refractivity contribution in [2.45, 2.75) is 143 Å². The van der Waals surface area contributed by atoms with Crippen molar-refractivity contribution in [3.63, 3.8) is 0 Å². The van der Waals surface area contributed by atoms with Crippen LogP contribution in [-0.4, -0.2) is 23.4 Å². The SMILES string of the molecule is C=C(C)C(C)CCC(=C)C(C)CCC1(C)OC1CCC1OC1(C)CCC(C)C(=C)CCC(C)C(=C)C. The van der Waals surface area contributed by atoms with E-state index < -0.39 is 0 Å². The first kappa shape index (κ1) is 31.1. The van der Waals surface area contributed by atoms with Gasteiger partial charge in [0.05, 0.1) is 23.4 Å². The number of allylic oxidation sites excluding steroid dienone is 4. The van der Waals surface area contributed by atoms with Gasteiger partial charge in [0.2, 0.25) is 0 Å². The van der Waals surface area contributed by atoms with E-state index in [1.807, 2.05) is 0 Å². The Bertz CT molecular complexity index is 727. The number of epoxide rings is 2. The topological polar surface area (TPSA) is 25.1 Å². The summed E-state index contributed by atoms with van der Waals surface area (Å²) in [5, 5.41) is 0. The van der Waals surface area contributed by atoms with Crippen molar-refractivity contribution in [2.75, 3.05) is 0 Å². The predicted octanol–water partition coefficient (Wildman–Crippen LogP) is 10.0. The number of hydrogen-bond donors (Lipinski definition) is 0. The molecule has 2 nitrogen and oxygen atoms in total. The molecule has 36 heavy (non-hydrogen) atoms. The molecule has 206 valence electrons. The monoisotopic (exact) mass is 498 g/mol. The van der Waals surface area contributed by atoms with Crippen LogP contribution in [0.1, 0.15) is 120 Å². The summed E-state index contributed by atoms with van der Waals surface area (Å²) >= 11 is 0. The van der Waals surface area contributed by atoms with Crippen molar-refractivity contribution in [3.8, 4) is 0 Å². The standard InChI is InChI=1S/C34H58O2/c1-23(2)25(5)13-15-27(7)29(9)19-21-33(11)31(35-33)17-18-32-34(12,36-32)22-20-30(10)28(8)16-14-26(6)24(3)4/h25-26,29-32H,1,3,7-8,13-22H2,2,4-6,9-12H3. The second-order valence-electron chi connectivity index (χ2n) is 13.2. The highest BCUT2D eigenvalue weighted by molar-refractivity contribution is 5.08. The summed E-state index contributed by atoms with van der Waals surface area (Å²) in [5.74, 6) is 2.27. The summed E-state index contributed by atoms with van der Waals surface area (Å²) < 4.78 is 12.4. The molecule has 2 rings (SSSR count). The van der Waals surface area contributed by atoms with E-state index in [1.165, 1.54) is 22.3 Å². The molecular weight excluding hydrogens is 440 g/mol. The van der Waals surface area contributed by atoms with Crippen molar-refractivity contribution in [1.29, 1.82) is 0 Å². The van der Waals surface area contributed by atoms with Crippen molar-refractivity contribution < 1.29 is 9.47 Å². The molecule has 8 unspecified atom stereocenters. The van der Waals surface area contributed by atoms with Gasteiger partial charge in [-0.2, -0.15) is 0 Å². The van der Waals surface area contributed by atoms with E-state index in [9.17, 15) is 0 Å². The van der Waals surface area contributed by atoms with E-state index in [4.69, 9.17) is 9.47 Å². The molecule has 2 aliphatic heterocycles. The summed E-state index contributed by atoms with van der Waals surface area (Å²) in [6.45, 7) is 35.0. The molecule has 0 aromatic carbocycles. The Balaban J connectivity index is 1.62. The van der Waals surface area contributed by atoms with E-state index in [2.05, 4.69) is 81.7 Å². The first-order chi connectivity index (χ1) is 16.7. The van der Waals surface area contributed by atoms with Crippen LogP contribution < -0.4 is 0 Å². The minimum absolute atomic E-state index is 0.0536. The molecule has 2 fully saturated rings. The van der Waals surface area contributed by atoms with Gasteiger partial charge < -0.3 is 9.47 Å². The second-order valence-corrected chi connectivity index (χ2v) is 13.2. The molecule has 0 radical (unpaired) electrons. The molecule has 0 aromatic heterocycles. The van der Waals surface area contributed by atoms with Gasteiger partial charge in [0, 0.05) is 0 Å². The molecule has 0 amide bonds. The van der Waals surface area contributed by atoms with Crippen molar-refractivity contribution in [2.24, 2.45) is 23.7 Å². The van der Waals surface area contributed by atoms with Gasteiger partial charge >= 0.3 is 0 Å². The van der Waals surface area contributed by atoms with E-state index in [0.717, 1.165) is 64.2 Å². The van der Waals surface area contributed by atoms with Crippen LogP contribution in [0.15, 0.2) is 48.6 Å². The Kier molecular flexibility index (Phi) is 11.3. The van der Waals surface area contributed by atoms with Crippen LogP contribution in [0.2, 0.25) is 0 Å². The molecular formula is C34H58O2. The molecule has 8 atom stereocenters. The first-order valence-corrected chi connectivity index (χ1v) is 14.7. The Morgan fingerprint density at radius 2 is 0.944 bits per heavy atom. The Hall–Kier alpha value is -1.12. The summed E-state index contributed by atoms with van der Waals surface area (Å²) in [6, 6.07) is 0. The molecule has 0 aliphatic carbocycles. The fourth-order valence-electron chi connectivity index (χ4n) is 5.26. The van der Waals surface area contributed by atoms with Crippen LogP contribution in [-0.2, 0) is 9.47 Å². The zero-order valence-electron chi connectivity index (χ0n) is 25.2. The summed E-state index contributed by atoms with van der Waals surface area (Å²) in [7, 11) is 0. The Morgan fingerprint density at radius 1 is 0.611 bits per heavy atom. The van der Waals surface area contributed by atoms with Crippen LogP contribution in [0.5, 0.6) is 0 Å². The molecule has 0 aromatic rings. The normalized spacial score (nSPS) is 30.2. The van der Waals surface area contributed by atoms with E-state index in [0.29, 0.717) is 35.9 Å². The van der Waals surface area contributed by atoms with Gasteiger partial charge in [-0.25, -0.2) is 0 Å². The molecule has 2 saturated heterocycles. The smallest absolute Gasteiger partial charge is 0.0920 e. The molecule has 0 bridgehead atoms. The quantitative estimate of drug-likeness (QED) is 0.131. The fourth-order valence-corrected chi connectivity index (χ4v) is 5.26. The van der Waals surface area contributed by atoms with E-state index in [-0.39, 0.29) is 11.2 Å². The second kappa shape index (κ2) is 13.1. The third kappa shape index (κ3) is 9.32. The van der Waals surface area contributed by atoms with Crippen molar-refractivity contribution in [3.05, 3.63) is 48.6 Å². The average Bonchev–Trinajstić information content (AvgIpc) is 3.69. The largest absolute Gasteiger partial charge is 0.366 e. The lowest BCUT2D eigenvalue weighted by atomic mass is 9.86. The zero-order chi connectivity index (χ0) is 27.3. The Labute approximate surface area is 224 Å². The third-order valence-electron chi connectivity index (χ3n) is 9.78. The molecule has 0 saturated carbocycles. The average molecular weight is 499 g/mol. The molecule has 0 spiro atoms. The minimum atomic E-state index is 0.0536. The first-order valence-electron chi connectivity index (χ1n) is 14.7. The van der Waals surface area contributed by atoms with E-state index in [1.54, 1.807) is 0 Å². The van der Waals surface area contributed by atoms with Crippen LogP contribution in [0, 0.1) is 23.7 Å². The third-order valence-corrected chi connectivity index (χ3v) is 9.78. The number of ether oxygens (including phenoxy) is 2. The van der Waals surface area contributed by atoms with Crippen LogP contribution >= 0.6 is 0 Å². The molecule has 2 aliphatic rings. The lowest BCUT2D eigenvalue weighted by Crippen LogP contribution is -2.15.